The van der Waals surface area contributed by atoms with E-state index in [1.54, 1.807) is 24.3 Å². The Hall–Kier alpha value is -1.41. The molecule has 122 valence electrons. The van der Waals surface area contributed by atoms with Crippen LogP contribution in [0.15, 0.2) is 24.3 Å². The number of nitrogens with one attached hydrogen (secondary N) is 1. The summed E-state index contributed by atoms with van der Waals surface area (Å²) in [6, 6.07) is 6.74. The zero-order chi connectivity index (χ0) is 16.7. The van der Waals surface area contributed by atoms with Crippen LogP contribution in [0, 0.1) is 0 Å². The lowest BCUT2D eigenvalue weighted by Crippen LogP contribution is -2.46. The fourth-order valence-corrected chi connectivity index (χ4v) is 2.89. The first kappa shape index (κ1) is 16.4. The molecular weight excluding hydrogens is 365 g/mol. The van der Waals surface area contributed by atoms with Crippen LogP contribution in [0.3, 0.4) is 0 Å². The van der Waals surface area contributed by atoms with Gasteiger partial charge < -0.3 is 10.0 Å². The van der Waals surface area contributed by atoms with Gasteiger partial charge in [0.2, 0.25) is 9.62 Å². The van der Waals surface area contributed by atoms with Crippen molar-refractivity contribution in [3.63, 3.8) is 0 Å². The lowest BCUT2D eigenvalue weighted by Gasteiger charge is -2.30. The number of aliphatic hydroxyl groups is 1. The minimum atomic E-state index is -1.84. The quantitative estimate of drug-likeness (QED) is 0.780. The summed E-state index contributed by atoms with van der Waals surface area (Å²) >= 11 is 17.4. The van der Waals surface area contributed by atoms with Gasteiger partial charge in [0.15, 0.2) is 0 Å². The minimum Gasteiger partial charge on any atom is -0.383 e. The normalized spacial score (nSPS) is 21.7. The molecule has 2 heterocycles. The summed E-state index contributed by atoms with van der Waals surface area (Å²) in [4.78, 5) is 14.0. The van der Waals surface area contributed by atoms with E-state index < -0.39 is 9.39 Å². The summed E-state index contributed by atoms with van der Waals surface area (Å²) in [5.74, 6) is 0.200. The fraction of sp³-hybridized carbons (Fsp3) is 0.385. The van der Waals surface area contributed by atoms with E-state index in [0.29, 0.717) is 17.9 Å². The van der Waals surface area contributed by atoms with Crippen molar-refractivity contribution in [2.24, 2.45) is 0 Å². The first-order valence-corrected chi connectivity index (χ1v) is 7.86. The van der Waals surface area contributed by atoms with Crippen LogP contribution in [0.5, 0.6) is 0 Å². The summed E-state index contributed by atoms with van der Waals surface area (Å²) in [5, 5.41) is 23.9. The molecular formula is C13H12Cl3N5O2. The molecule has 0 spiro atoms. The predicted molar refractivity (Wildman–Crippen MR) is 85.4 cm³/mol. The molecule has 1 saturated heterocycles. The number of amides is 1. The van der Waals surface area contributed by atoms with Crippen molar-refractivity contribution in [2.75, 3.05) is 13.1 Å². The molecule has 1 unspecified atom stereocenters. The number of aromatic amines is 1. The molecule has 2 N–H and O–H groups in total. The van der Waals surface area contributed by atoms with E-state index in [0.717, 1.165) is 5.56 Å². The van der Waals surface area contributed by atoms with Gasteiger partial charge >= 0.3 is 0 Å². The number of hydrogen-bond donors (Lipinski definition) is 2. The molecule has 1 aliphatic rings. The van der Waals surface area contributed by atoms with E-state index in [-0.39, 0.29) is 18.9 Å². The maximum atomic E-state index is 12.5. The van der Waals surface area contributed by atoms with Crippen molar-refractivity contribution >= 4 is 40.7 Å². The second kappa shape index (κ2) is 5.90. The van der Waals surface area contributed by atoms with Crippen LogP contribution in [0.1, 0.15) is 16.8 Å². The minimum absolute atomic E-state index is 0.0328. The molecule has 0 bridgehead atoms. The molecule has 1 aromatic heterocycles. The van der Waals surface area contributed by atoms with Crippen LogP contribution in [0.4, 0.5) is 0 Å². The first-order chi connectivity index (χ1) is 10.8. The summed E-state index contributed by atoms with van der Waals surface area (Å²) in [6.07, 6.45) is 0.205. The monoisotopic (exact) mass is 375 g/mol. The lowest BCUT2D eigenvalue weighted by molar-refractivity contribution is 0.0471. The Bertz CT molecular complexity index is 701. The van der Waals surface area contributed by atoms with Gasteiger partial charge in [-0.2, -0.15) is 5.21 Å². The van der Waals surface area contributed by atoms with E-state index in [4.69, 9.17) is 34.8 Å². The van der Waals surface area contributed by atoms with Crippen LogP contribution >= 0.6 is 34.8 Å². The third kappa shape index (κ3) is 3.14. The zero-order valence-electron chi connectivity index (χ0n) is 11.7. The van der Waals surface area contributed by atoms with Crippen LogP contribution < -0.4 is 0 Å². The largest absolute Gasteiger partial charge is 0.383 e. The average Bonchev–Trinajstić information content (AvgIpc) is 3.16. The van der Waals surface area contributed by atoms with Crippen LogP contribution in [-0.4, -0.2) is 59.0 Å². The Kier molecular flexibility index (Phi) is 4.22. The van der Waals surface area contributed by atoms with Gasteiger partial charge in [-0.25, -0.2) is 0 Å². The van der Waals surface area contributed by atoms with Crippen LogP contribution in [0.2, 0.25) is 0 Å². The molecule has 3 rings (SSSR count). The number of carbonyl (C=O) groups is 1. The summed E-state index contributed by atoms with van der Waals surface area (Å²) < 4.78 is -1.84. The molecule has 1 aliphatic heterocycles. The van der Waals surface area contributed by atoms with E-state index >= 15 is 0 Å². The summed E-state index contributed by atoms with van der Waals surface area (Å²) in [6.45, 7) is 0.283. The molecule has 1 fully saturated rings. The van der Waals surface area contributed by atoms with Crippen molar-refractivity contribution < 1.29 is 9.90 Å². The molecule has 1 amide bonds. The number of rotatable bonds is 2. The molecule has 1 aromatic carbocycles. The third-order valence-electron chi connectivity index (χ3n) is 3.80. The number of aromatic nitrogens is 4. The standard InChI is InChI=1S/C13H12Cl3N5O2/c14-13(15,16)12(23)5-6-21(7-12)11(22)9-3-1-8(2-4-9)10-17-19-20-18-10/h1-4,23H,5-7H2,(H,17,18,19,20). The summed E-state index contributed by atoms with van der Waals surface area (Å²) in [7, 11) is 0. The predicted octanol–water partition coefficient (Wildman–Crippen LogP) is 1.81. The maximum Gasteiger partial charge on any atom is 0.253 e. The molecule has 0 aliphatic carbocycles. The SMILES string of the molecule is O=C(c1ccc(-c2nn[nH]n2)cc1)N1CCC(O)(C(Cl)(Cl)Cl)C1. The fourth-order valence-electron chi connectivity index (χ4n) is 2.43. The number of tetrazole rings is 1. The number of likely N-dealkylation sites (tertiary alicyclic amines) is 1. The molecule has 0 saturated carbocycles. The van der Waals surface area contributed by atoms with Gasteiger partial charge in [-0.1, -0.05) is 46.9 Å². The smallest absolute Gasteiger partial charge is 0.253 e. The van der Waals surface area contributed by atoms with Gasteiger partial charge in [-0.05, 0) is 23.8 Å². The van der Waals surface area contributed by atoms with E-state index in [1.165, 1.54) is 4.90 Å². The Morgan fingerprint density at radius 1 is 1.30 bits per heavy atom. The summed E-state index contributed by atoms with van der Waals surface area (Å²) in [5.41, 5.74) is -0.349. The molecule has 7 nitrogen and oxygen atoms in total. The topological polar surface area (TPSA) is 95.0 Å². The van der Waals surface area contributed by atoms with Gasteiger partial charge in [-0.3, -0.25) is 4.79 Å². The Labute approximate surface area is 146 Å². The number of hydrogen-bond acceptors (Lipinski definition) is 5. The average molecular weight is 377 g/mol. The highest BCUT2D eigenvalue weighted by atomic mass is 35.6. The number of benzene rings is 1. The lowest BCUT2D eigenvalue weighted by atomic mass is 10.1. The Balaban J connectivity index is 1.74. The van der Waals surface area contributed by atoms with Crippen molar-refractivity contribution in [2.45, 2.75) is 15.8 Å². The number of carbonyl (C=O) groups excluding carboxylic acids is 1. The molecule has 1 atom stereocenters. The van der Waals surface area contributed by atoms with Crippen molar-refractivity contribution in [3.05, 3.63) is 29.8 Å². The van der Waals surface area contributed by atoms with Crippen LogP contribution in [0.25, 0.3) is 11.4 Å². The highest BCUT2D eigenvalue weighted by Crippen LogP contribution is 2.43. The molecule has 0 radical (unpaired) electrons. The van der Waals surface area contributed by atoms with Gasteiger partial charge in [0.05, 0.1) is 6.54 Å². The Morgan fingerprint density at radius 3 is 2.52 bits per heavy atom. The van der Waals surface area contributed by atoms with E-state index in [2.05, 4.69) is 20.6 Å². The number of β-amino-alcohol motifs (C(OH)–C–C–N with tert-alkyl or cyclic N) is 1. The van der Waals surface area contributed by atoms with Gasteiger partial charge in [-0.15, -0.1) is 10.2 Å². The highest BCUT2D eigenvalue weighted by molar-refractivity contribution is 6.68. The number of H-pyrrole nitrogens is 1. The van der Waals surface area contributed by atoms with Crippen molar-refractivity contribution in [1.82, 2.24) is 25.5 Å². The highest BCUT2D eigenvalue weighted by Gasteiger charge is 2.52. The molecule has 23 heavy (non-hydrogen) atoms. The van der Waals surface area contributed by atoms with Gasteiger partial charge in [0.1, 0.15) is 5.60 Å². The second-order valence-electron chi connectivity index (χ2n) is 5.32. The molecule has 2 aromatic rings. The maximum absolute atomic E-state index is 12.5. The third-order valence-corrected chi connectivity index (χ3v) is 4.85. The van der Waals surface area contributed by atoms with Crippen molar-refractivity contribution in [1.29, 1.82) is 0 Å². The van der Waals surface area contributed by atoms with Crippen LogP contribution in [-0.2, 0) is 0 Å². The van der Waals surface area contributed by atoms with Gasteiger partial charge in [0, 0.05) is 17.7 Å². The van der Waals surface area contributed by atoms with E-state index in [1.807, 2.05) is 0 Å². The number of halogens is 3. The van der Waals surface area contributed by atoms with Crippen molar-refractivity contribution in [3.8, 4) is 11.4 Å². The van der Waals surface area contributed by atoms with Gasteiger partial charge in [0.25, 0.3) is 5.91 Å². The number of alkyl halides is 3. The first-order valence-electron chi connectivity index (χ1n) is 6.72. The Morgan fingerprint density at radius 2 is 2.00 bits per heavy atom. The van der Waals surface area contributed by atoms with E-state index in [9.17, 15) is 9.90 Å². The second-order valence-corrected chi connectivity index (χ2v) is 7.60. The zero-order valence-corrected chi connectivity index (χ0v) is 14.0. The number of nitrogens with zero attached hydrogens (tertiary/aromatic N) is 4. The molecule has 10 heteroatoms.